The molecule has 0 fully saturated rings. The molecule has 5 heteroatoms. The van der Waals surface area contributed by atoms with Crippen molar-refractivity contribution < 1.29 is 9.47 Å². The van der Waals surface area contributed by atoms with E-state index in [0.29, 0.717) is 13.2 Å². The molecule has 144 valence electrons. The molecule has 4 nitrogen and oxygen atoms in total. The van der Waals surface area contributed by atoms with Gasteiger partial charge in [-0.2, -0.15) is 0 Å². The first-order chi connectivity index (χ1) is 13.2. The number of aromatic nitrogens is 1. The van der Waals surface area contributed by atoms with Crippen LogP contribution in [0.15, 0.2) is 40.9 Å². The van der Waals surface area contributed by atoms with Crippen molar-refractivity contribution >= 4 is 26.8 Å². The van der Waals surface area contributed by atoms with Crippen LogP contribution in [0.4, 0.5) is 0 Å². The number of unbranched alkanes of at least 4 members (excludes halogenated alkanes) is 1. The third-order valence-corrected chi connectivity index (χ3v) is 5.07. The number of aromatic amines is 1. The fourth-order valence-electron chi connectivity index (χ4n) is 3.38. The zero-order chi connectivity index (χ0) is 19.2. The highest BCUT2D eigenvalue weighted by atomic mass is 79.9. The van der Waals surface area contributed by atoms with Crippen LogP contribution in [0.25, 0.3) is 22.2 Å². The maximum atomic E-state index is 5.82. The molecule has 0 saturated carbocycles. The zero-order valence-corrected chi connectivity index (χ0v) is 17.6. The highest BCUT2D eigenvalue weighted by molar-refractivity contribution is 9.10. The molecular weight excluding hydrogens is 404 g/mol. The zero-order valence-electron chi connectivity index (χ0n) is 16.0. The monoisotopic (exact) mass is 430 g/mol. The fourth-order valence-corrected chi connectivity index (χ4v) is 3.74. The van der Waals surface area contributed by atoms with Gasteiger partial charge in [-0.25, -0.2) is 0 Å². The van der Waals surface area contributed by atoms with Gasteiger partial charge in [-0.3, -0.25) is 0 Å². The standard InChI is InChI=1S/C22H27BrN2O2/c1-3-26-20-11-8-15(13-21(20)27-4-2)22-17(7-5-6-12-24)18-14-16(23)9-10-19(18)25-22/h8-11,13-14,25H,3-7,12,24H2,1-2H3. The van der Waals surface area contributed by atoms with Gasteiger partial charge in [-0.15, -0.1) is 0 Å². The number of nitrogens with one attached hydrogen (secondary N) is 1. The fraction of sp³-hybridized carbons (Fsp3) is 0.364. The van der Waals surface area contributed by atoms with Crippen molar-refractivity contribution in [3.63, 3.8) is 0 Å². The molecule has 1 aromatic heterocycles. The number of hydrogen-bond acceptors (Lipinski definition) is 3. The smallest absolute Gasteiger partial charge is 0.161 e. The summed E-state index contributed by atoms with van der Waals surface area (Å²) >= 11 is 3.60. The van der Waals surface area contributed by atoms with Gasteiger partial charge >= 0.3 is 0 Å². The highest BCUT2D eigenvalue weighted by Crippen LogP contribution is 2.37. The number of hydrogen-bond donors (Lipinski definition) is 2. The summed E-state index contributed by atoms with van der Waals surface area (Å²) in [7, 11) is 0. The summed E-state index contributed by atoms with van der Waals surface area (Å²) in [6.45, 7) is 5.91. The van der Waals surface area contributed by atoms with Gasteiger partial charge in [0.05, 0.1) is 13.2 Å². The molecule has 3 N–H and O–H groups in total. The Morgan fingerprint density at radius 1 is 0.963 bits per heavy atom. The van der Waals surface area contributed by atoms with Crippen molar-refractivity contribution in [2.24, 2.45) is 5.73 Å². The molecule has 0 radical (unpaired) electrons. The van der Waals surface area contributed by atoms with Crippen molar-refractivity contribution in [2.45, 2.75) is 33.1 Å². The minimum Gasteiger partial charge on any atom is -0.490 e. The Labute approximate surface area is 169 Å². The molecule has 2 aromatic carbocycles. The van der Waals surface area contributed by atoms with E-state index in [-0.39, 0.29) is 0 Å². The van der Waals surface area contributed by atoms with E-state index in [2.05, 4.69) is 51.2 Å². The lowest BCUT2D eigenvalue weighted by Gasteiger charge is -2.13. The van der Waals surface area contributed by atoms with E-state index in [1.807, 2.05) is 19.9 Å². The molecule has 1 heterocycles. The van der Waals surface area contributed by atoms with Crippen molar-refractivity contribution in [3.8, 4) is 22.8 Å². The van der Waals surface area contributed by atoms with Crippen molar-refractivity contribution in [1.29, 1.82) is 0 Å². The lowest BCUT2D eigenvalue weighted by Crippen LogP contribution is -2.00. The quantitative estimate of drug-likeness (QED) is 0.429. The number of H-pyrrole nitrogens is 1. The van der Waals surface area contributed by atoms with Crippen LogP contribution in [0.3, 0.4) is 0 Å². The third kappa shape index (κ3) is 4.47. The number of nitrogens with two attached hydrogens (primary N) is 1. The molecule has 0 saturated heterocycles. The van der Waals surface area contributed by atoms with Gasteiger partial charge in [0.15, 0.2) is 11.5 Å². The number of aryl methyl sites for hydroxylation is 1. The van der Waals surface area contributed by atoms with Gasteiger partial charge in [0.1, 0.15) is 0 Å². The van der Waals surface area contributed by atoms with Gasteiger partial charge in [0.2, 0.25) is 0 Å². The van der Waals surface area contributed by atoms with Crippen LogP contribution in [0.2, 0.25) is 0 Å². The maximum absolute atomic E-state index is 5.82. The first-order valence-electron chi connectivity index (χ1n) is 9.58. The van der Waals surface area contributed by atoms with Crippen LogP contribution < -0.4 is 15.2 Å². The van der Waals surface area contributed by atoms with Crippen molar-refractivity contribution in [2.75, 3.05) is 19.8 Å². The Morgan fingerprint density at radius 3 is 2.48 bits per heavy atom. The van der Waals surface area contributed by atoms with Gasteiger partial charge in [-0.05, 0) is 81.6 Å². The van der Waals surface area contributed by atoms with Crippen LogP contribution in [-0.2, 0) is 6.42 Å². The SMILES string of the molecule is CCOc1ccc(-c2[nH]c3ccc(Br)cc3c2CCCCN)cc1OCC. The molecule has 0 spiro atoms. The van der Waals surface area contributed by atoms with Crippen LogP contribution in [-0.4, -0.2) is 24.7 Å². The predicted molar refractivity (Wildman–Crippen MR) is 116 cm³/mol. The number of halogens is 1. The van der Waals surface area contributed by atoms with E-state index in [0.717, 1.165) is 58.6 Å². The van der Waals surface area contributed by atoms with E-state index >= 15 is 0 Å². The average Bonchev–Trinajstić information content (AvgIpc) is 3.02. The molecule has 0 aliphatic heterocycles. The molecule has 0 unspecified atom stereocenters. The van der Waals surface area contributed by atoms with Gasteiger partial charge in [0, 0.05) is 26.6 Å². The highest BCUT2D eigenvalue weighted by Gasteiger charge is 2.15. The normalized spacial score (nSPS) is 11.1. The van der Waals surface area contributed by atoms with Crippen molar-refractivity contribution in [3.05, 3.63) is 46.4 Å². The molecule has 0 amide bonds. The summed E-state index contributed by atoms with van der Waals surface area (Å²) in [5, 5.41) is 1.25. The second kappa shape index (κ2) is 9.29. The Hall–Kier alpha value is -1.98. The minimum absolute atomic E-state index is 0.604. The number of fused-ring (bicyclic) bond motifs is 1. The van der Waals surface area contributed by atoms with Gasteiger partial charge in [0.25, 0.3) is 0 Å². The summed E-state index contributed by atoms with van der Waals surface area (Å²) in [6.07, 6.45) is 3.08. The van der Waals surface area contributed by atoms with Gasteiger partial charge in [-0.1, -0.05) is 15.9 Å². The molecule has 0 aliphatic rings. The Kier molecular flexibility index (Phi) is 6.80. The second-order valence-electron chi connectivity index (χ2n) is 6.44. The molecule has 0 aliphatic carbocycles. The summed E-state index contributed by atoms with van der Waals surface area (Å²) in [4.78, 5) is 3.61. The molecule has 3 rings (SSSR count). The largest absolute Gasteiger partial charge is 0.490 e. The maximum Gasteiger partial charge on any atom is 0.161 e. The van der Waals surface area contributed by atoms with Crippen LogP contribution in [0, 0.1) is 0 Å². The number of rotatable bonds is 9. The third-order valence-electron chi connectivity index (χ3n) is 4.58. The van der Waals surface area contributed by atoms with Crippen LogP contribution in [0.5, 0.6) is 11.5 Å². The van der Waals surface area contributed by atoms with E-state index in [1.54, 1.807) is 0 Å². The van der Waals surface area contributed by atoms with E-state index in [1.165, 1.54) is 10.9 Å². The lowest BCUT2D eigenvalue weighted by atomic mass is 10.00. The Balaban J connectivity index is 2.09. The average molecular weight is 431 g/mol. The summed E-state index contributed by atoms with van der Waals surface area (Å²) < 4.78 is 12.6. The number of ether oxygens (including phenoxy) is 2. The van der Waals surface area contributed by atoms with Crippen molar-refractivity contribution in [1.82, 2.24) is 4.98 Å². The first kappa shape index (κ1) is 19.8. The molecular formula is C22H27BrN2O2. The molecule has 0 bridgehead atoms. The molecule has 0 atom stereocenters. The summed E-state index contributed by atoms with van der Waals surface area (Å²) in [5.41, 5.74) is 10.4. The molecule has 27 heavy (non-hydrogen) atoms. The van der Waals surface area contributed by atoms with E-state index < -0.39 is 0 Å². The minimum atomic E-state index is 0.604. The topological polar surface area (TPSA) is 60.3 Å². The molecule has 3 aromatic rings. The van der Waals surface area contributed by atoms with Crippen LogP contribution >= 0.6 is 15.9 Å². The van der Waals surface area contributed by atoms with E-state index in [9.17, 15) is 0 Å². The number of benzene rings is 2. The lowest BCUT2D eigenvalue weighted by molar-refractivity contribution is 0.288. The Morgan fingerprint density at radius 2 is 1.74 bits per heavy atom. The second-order valence-corrected chi connectivity index (χ2v) is 7.36. The summed E-state index contributed by atoms with van der Waals surface area (Å²) in [5.74, 6) is 1.57. The predicted octanol–water partition coefficient (Wildman–Crippen LogP) is 5.68. The van der Waals surface area contributed by atoms with Crippen LogP contribution in [0.1, 0.15) is 32.3 Å². The summed E-state index contributed by atoms with van der Waals surface area (Å²) in [6, 6.07) is 12.5. The first-order valence-corrected chi connectivity index (χ1v) is 10.4. The van der Waals surface area contributed by atoms with E-state index in [4.69, 9.17) is 15.2 Å². The van der Waals surface area contributed by atoms with Gasteiger partial charge < -0.3 is 20.2 Å². The Bertz CT molecular complexity index is 905.